The van der Waals surface area contributed by atoms with Crippen molar-refractivity contribution in [3.05, 3.63) is 34.9 Å². The Labute approximate surface area is 126 Å². The van der Waals surface area contributed by atoms with Crippen LogP contribution in [0.3, 0.4) is 0 Å². The molecule has 1 aromatic carbocycles. The molecule has 0 radical (unpaired) electrons. The van der Waals surface area contributed by atoms with Crippen LogP contribution in [0.5, 0.6) is 0 Å². The second-order valence-corrected chi connectivity index (χ2v) is 4.78. The summed E-state index contributed by atoms with van der Waals surface area (Å²) in [5.74, 6) is -1.82. The number of carbonyl (C=O) groups is 2. The summed E-state index contributed by atoms with van der Waals surface area (Å²) in [4.78, 5) is 22.3. The average molecular weight is 342 g/mol. The predicted octanol–water partition coefficient (Wildman–Crippen LogP) is 2.26. The molecule has 0 saturated carbocycles. The van der Waals surface area contributed by atoms with Crippen molar-refractivity contribution >= 4 is 11.8 Å². The molecule has 0 aromatic heterocycles. The van der Waals surface area contributed by atoms with Crippen molar-refractivity contribution in [1.82, 2.24) is 5.32 Å². The molecule has 1 atom stereocenters. The maximum atomic E-state index is 12.7. The van der Waals surface area contributed by atoms with Crippen LogP contribution in [0.25, 0.3) is 0 Å². The summed E-state index contributed by atoms with van der Waals surface area (Å²) in [5.41, 5.74) is 1.37. The first-order valence-electron chi connectivity index (χ1n) is 6.17. The van der Waals surface area contributed by atoms with E-state index in [0.29, 0.717) is 12.1 Å². The number of nitrogens with two attached hydrogens (primary N) is 1. The maximum absolute atomic E-state index is 12.7. The van der Waals surface area contributed by atoms with Gasteiger partial charge < -0.3 is 11.1 Å². The Bertz CT molecular complexity index is 577. The molecule has 4 nitrogen and oxygen atoms in total. The number of nitrogens with one attached hydrogen (secondary N) is 1. The molecule has 10 heteroatoms. The SMILES string of the molecule is C[C@@H](NC(=O)Cc1cc(C(F)(F)F)cc(C(F)(F)F)c1)C(N)=O. The van der Waals surface area contributed by atoms with Gasteiger partial charge in [0.2, 0.25) is 11.8 Å². The molecule has 0 spiro atoms. The zero-order valence-electron chi connectivity index (χ0n) is 11.7. The average Bonchev–Trinajstić information content (AvgIpc) is 2.35. The molecule has 2 amide bonds. The van der Waals surface area contributed by atoms with Gasteiger partial charge in [-0.15, -0.1) is 0 Å². The van der Waals surface area contributed by atoms with Gasteiger partial charge in [-0.25, -0.2) is 0 Å². The lowest BCUT2D eigenvalue weighted by Gasteiger charge is -2.15. The Morgan fingerprint density at radius 1 is 1.04 bits per heavy atom. The molecule has 0 fully saturated rings. The van der Waals surface area contributed by atoms with E-state index in [1.54, 1.807) is 0 Å². The molecule has 0 heterocycles. The molecule has 0 aliphatic heterocycles. The van der Waals surface area contributed by atoms with Crippen LogP contribution in [0.4, 0.5) is 26.3 Å². The van der Waals surface area contributed by atoms with Gasteiger partial charge in [-0.1, -0.05) is 0 Å². The lowest BCUT2D eigenvalue weighted by atomic mass is 10.0. The van der Waals surface area contributed by atoms with Crippen LogP contribution >= 0.6 is 0 Å². The van der Waals surface area contributed by atoms with E-state index in [-0.39, 0.29) is 6.07 Å². The third-order valence-corrected chi connectivity index (χ3v) is 2.82. The minimum absolute atomic E-state index is 0.0343. The van der Waals surface area contributed by atoms with Gasteiger partial charge in [-0.05, 0) is 30.7 Å². The Hall–Kier alpha value is -2.26. The summed E-state index contributed by atoms with van der Waals surface area (Å²) in [5, 5.41) is 2.07. The molecule has 23 heavy (non-hydrogen) atoms. The van der Waals surface area contributed by atoms with Crippen LogP contribution in [0.15, 0.2) is 18.2 Å². The summed E-state index contributed by atoms with van der Waals surface area (Å²) in [7, 11) is 0. The second-order valence-electron chi connectivity index (χ2n) is 4.78. The summed E-state index contributed by atoms with van der Waals surface area (Å²) in [6.07, 6.45) is -10.7. The Morgan fingerprint density at radius 2 is 1.48 bits per heavy atom. The lowest BCUT2D eigenvalue weighted by molar-refractivity contribution is -0.143. The van der Waals surface area contributed by atoms with E-state index in [1.165, 1.54) is 6.92 Å². The van der Waals surface area contributed by atoms with Crippen LogP contribution in [-0.2, 0) is 28.4 Å². The van der Waals surface area contributed by atoms with Gasteiger partial charge in [0.1, 0.15) is 6.04 Å². The summed E-state index contributed by atoms with van der Waals surface area (Å²) in [6, 6.07) is -0.239. The predicted molar refractivity (Wildman–Crippen MR) is 66.9 cm³/mol. The molecule has 0 aliphatic carbocycles. The zero-order valence-corrected chi connectivity index (χ0v) is 11.7. The highest BCUT2D eigenvalue weighted by molar-refractivity contribution is 5.87. The van der Waals surface area contributed by atoms with Gasteiger partial charge in [-0.2, -0.15) is 26.3 Å². The third-order valence-electron chi connectivity index (χ3n) is 2.82. The van der Waals surface area contributed by atoms with Gasteiger partial charge in [0, 0.05) is 0 Å². The van der Waals surface area contributed by atoms with E-state index in [0.717, 1.165) is 0 Å². The lowest BCUT2D eigenvalue weighted by Crippen LogP contribution is -2.42. The first-order chi connectivity index (χ1) is 10.3. The highest BCUT2D eigenvalue weighted by atomic mass is 19.4. The van der Waals surface area contributed by atoms with Gasteiger partial charge in [0.05, 0.1) is 17.5 Å². The number of primary amides is 1. The normalized spacial score (nSPS) is 13.5. The van der Waals surface area contributed by atoms with Crippen LogP contribution < -0.4 is 11.1 Å². The minimum Gasteiger partial charge on any atom is -0.368 e. The van der Waals surface area contributed by atoms with Crippen molar-refractivity contribution < 1.29 is 35.9 Å². The molecule has 0 aliphatic rings. The standard InChI is InChI=1S/C13H12F6N2O2/c1-6(11(20)23)21-10(22)4-7-2-8(12(14,15)16)5-9(3-7)13(17,18)19/h2-3,5-6H,4H2,1H3,(H2,20,23)(H,21,22)/t6-/m1/s1. The maximum Gasteiger partial charge on any atom is 0.416 e. The first-order valence-corrected chi connectivity index (χ1v) is 6.17. The first kappa shape index (κ1) is 18.8. The van der Waals surface area contributed by atoms with Crippen molar-refractivity contribution in [2.75, 3.05) is 0 Å². The van der Waals surface area contributed by atoms with Gasteiger partial charge >= 0.3 is 12.4 Å². The third kappa shape index (κ3) is 5.46. The number of carbonyl (C=O) groups excluding carboxylic acids is 2. The van der Waals surface area contributed by atoms with E-state index >= 15 is 0 Å². The van der Waals surface area contributed by atoms with Crippen LogP contribution in [0.2, 0.25) is 0 Å². The van der Waals surface area contributed by atoms with E-state index in [2.05, 4.69) is 5.32 Å². The van der Waals surface area contributed by atoms with Gasteiger partial charge in [-0.3, -0.25) is 9.59 Å². The van der Waals surface area contributed by atoms with Crippen LogP contribution in [0, 0.1) is 0 Å². The molecule has 1 aromatic rings. The number of hydrogen-bond donors (Lipinski definition) is 2. The number of halogens is 6. The number of alkyl halides is 6. The highest BCUT2D eigenvalue weighted by Crippen LogP contribution is 2.36. The highest BCUT2D eigenvalue weighted by Gasteiger charge is 2.37. The fraction of sp³-hybridized carbons (Fsp3) is 0.385. The number of hydrogen-bond acceptors (Lipinski definition) is 2. The van der Waals surface area contributed by atoms with Gasteiger partial charge in [0.15, 0.2) is 0 Å². The van der Waals surface area contributed by atoms with E-state index in [1.807, 2.05) is 0 Å². The topological polar surface area (TPSA) is 72.2 Å². The monoisotopic (exact) mass is 342 g/mol. The number of rotatable bonds is 4. The van der Waals surface area contributed by atoms with E-state index in [4.69, 9.17) is 5.73 Å². The quantitative estimate of drug-likeness (QED) is 0.824. The smallest absolute Gasteiger partial charge is 0.368 e. The van der Waals surface area contributed by atoms with Crippen molar-refractivity contribution in [3.8, 4) is 0 Å². The van der Waals surface area contributed by atoms with Crippen LogP contribution in [0.1, 0.15) is 23.6 Å². The van der Waals surface area contributed by atoms with Crippen molar-refractivity contribution in [1.29, 1.82) is 0 Å². The minimum atomic E-state index is -4.99. The van der Waals surface area contributed by atoms with E-state index < -0.39 is 53.3 Å². The van der Waals surface area contributed by atoms with Crippen LogP contribution in [-0.4, -0.2) is 17.9 Å². The molecule has 0 unspecified atom stereocenters. The van der Waals surface area contributed by atoms with Crippen molar-refractivity contribution in [2.24, 2.45) is 5.73 Å². The fourth-order valence-corrected chi connectivity index (χ4v) is 1.67. The molecule has 0 saturated heterocycles. The van der Waals surface area contributed by atoms with Crippen molar-refractivity contribution in [3.63, 3.8) is 0 Å². The Morgan fingerprint density at radius 3 is 1.83 bits per heavy atom. The van der Waals surface area contributed by atoms with E-state index in [9.17, 15) is 35.9 Å². The molecular formula is C13H12F6N2O2. The molecule has 3 N–H and O–H groups in total. The van der Waals surface area contributed by atoms with Crippen molar-refractivity contribution in [2.45, 2.75) is 31.7 Å². The fourth-order valence-electron chi connectivity index (χ4n) is 1.67. The number of benzene rings is 1. The molecule has 1 rings (SSSR count). The largest absolute Gasteiger partial charge is 0.416 e. The summed E-state index contributed by atoms with van der Waals surface area (Å²) < 4.78 is 76.0. The second kappa shape index (κ2) is 6.47. The number of amides is 2. The summed E-state index contributed by atoms with van der Waals surface area (Å²) >= 11 is 0. The van der Waals surface area contributed by atoms with Gasteiger partial charge in [0.25, 0.3) is 0 Å². The summed E-state index contributed by atoms with van der Waals surface area (Å²) in [6.45, 7) is 1.23. The molecule has 0 bridgehead atoms. The Balaban J connectivity index is 3.11. The molecule has 128 valence electrons. The Kier molecular flexibility index (Phi) is 5.28. The zero-order chi connectivity index (χ0) is 18.0. The molecular weight excluding hydrogens is 330 g/mol.